The molecule has 0 radical (unpaired) electrons. The number of amides is 1. The van der Waals surface area contributed by atoms with Crippen molar-refractivity contribution in [1.29, 1.82) is 0 Å². The van der Waals surface area contributed by atoms with Crippen LogP contribution in [0.25, 0.3) is 0 Å². The number of nitrogens with one attached hydrogen (secondary N) is 2. The summed E-state index contributed by atoms with van der Waals surface area (Å²) in [5.41, 5.74) is 0.726. The van der Waals surface area contributed by atoms with Gasteiger partial charge in [0, 0.05) is 25.8 Å². The number of anilines is 2. The van der Waals surface area contributed by atoms with Crippen LogP contribution in [0.1, 0.15) is 10.5 Å². The van der Waals surface area contributed by atoms with Crippen LogP contribution in [0.2, 0.25) is 0 Å². The van der Waals surface area contributed by atoms with Gasteiger partial charge in [-0.05, 0) is 12.1 Å². The lowest BCUT2D eigenvalue weighted by Crippen LogP contribution is -2.16. The number of hydrogen-bond donors (Lipinski definition) is 2. The van der Waals surface area contributed by atoms with Gasteiger partial charge in [0.2, 0.25) is 0 Å². The van der Waals surface area contributed by atoms with E-state index in [0.29, 0.717) is 36.2 Å². The molecule has 1 aromatic heterocycles. The van der Waals surface area contributed by atoms with E-state index in [4.69, 9.17) is 14.2 Å². The van der Waals surface area contributed by atoms with Crippen molar-refractivity contribution in [3.8, 4) is 11.5 Å². The molecule has 0 fully saturated rings. The molecule has 128 valence electrons. The van der Waals surface area contributed by atoms with Crippen LogP contribution in [0.4, 0.5) is 11.5 Å². The summed E-state index contributed by atoms with van der Waals surface area (Å²) >= 11 is 0. The maximum Gasteiger partial charge on any atom is 0.274 e. The minimum absolute atomic E-state index is 0.231. The van der Waals surface area contributed by atoms with Crippen LogP contribution < -0.4 is 20.1 Å². The molecule has 0 aliphatic rings. The average molecular weight is 332 g/mol. The molecule has 2 N–H and O–H groups in total. The third-order valence-electron chi connectivity index (χ3n) is 3.17. The van der Waals surface area contributed by atoms with Crippen molar-refractivity contribution in [2.45, 2.75) is 0 Å². The molecule has 2 rings (SSSR count). The van der Waals surface area contributed by atoms with Crippen molar-refractivity contribution < 1.29 is 19.0 Å². The first-order valence-corrected chi connectivity index (χ1v) is 7.26. The first-order valence-electron chi connectivity index (χ1n) is 7.26. The Kier molecular flexibility index (Phi) is 6.32. The molecule has 1 heterocycles. The molecule has 0 spiro atoms. The number of ether oxygens (including phenoxy) is 3. The highest BCUT2D eigenvalue weighted by molar-refractivity contribution is 6.04. The van der Waals surface area contributed by atoms with Gasteiger partial charge in [-0.1, -0.05) is 0 Å². The predicted molar refractivity (Wildman–Crippen MR) is 89.9 cm³/mol. The van der Waals surface area contributed by atoms with Gasteiger partial charge >= 0.3 is 0 Å². The van der Waals surface area contributed by atoms with Gasteiger partial charge in [0.25, 0.3) is 5.91 Å². The molecule has 0 bridgehead atoms. The second-order valence-electron chi connectivity index (χ2n) is 4.73. The Morgan fingerprint density at radius 2 is 1.96 bits per heavy atom. The molecular weight excluding hydrogens is 312 g/mol. The summed E-state index contributed by atoms with van der Waals surface area (Å²) in [6.45, 7) is 1.12. The van der Waals surface area contributed by atoms with Gasteiger partial charge in [0.1, 0.15) is 29.3 Å². The molecule has 0 aliphatic heterocycles. The lowest BCUT2D eigenvalue weighted by Gasteiger charge is -2.12. The topological polar surface area (TPSA) is 94.6 Å². The lowest BCUT2D eigenvalue weighted by atomic mass is 10.2. The van der Waals surface area contributed by atoms with E-state index in [1.807, 2.05) is 0 Å². The van der Waals surface area contributed by atoms with Crippen molar-refractivity contribution in [3.63, 3.8) is 0 Å². The Labute approximate surface area is 140 Å². The number of benzene rings is 1. The zero-order valence-electron chi connectivity index (χ0n) is 13.8. The Morgan fingerprint density at radius 1 is 1.12 bits per heavy atom. The minimum atomic E-state index is -0.376. The van der Waals surface area contributed by atoms with Gasteiger partial charge in [-0.25, -0.2) is 9.97 Å². The number of methoxy groups -OCH3 is 3. The van der Waals surface area contributed by atoms with Crippen molar-refractivity contribution in [3.05, 3.63) is 36.3 Å². The van der Waals surface area contributed by atoms with E-state index in [1.165, 1.54) is 13.4 Å². The first kappa shape index (κ1) is 17.5. The Morgan fingerprint density at radius 3 is 2.67 bits per heavy atom. The van der Waals surface area contributed by atoms with Crippen molar-refractivity contribution in [2.24, 2.45) is 0 Å². The molecule has 2 aromatic rings. The SMILES string of the molecule is COCCNc1cc(C(=O)Nc2cc(OC)ccc2OC)ncn1. The Bertz CT molecular complexity index is 694. The van der Waals surface area contributed by atoms with E-state index in [-0.39, 0.29) is 11.6 Å². The fraction of sp³-hybridized carbons (Fsp3) is 0.312. The normalized spacial score (nSPS) is 10.1. The summed E-state index contributed by atoms with van der Waals surface area (Å²) < 4.78 is 15.4. The standard InChI is InChI=1S/C16H20N4O4/c1-22-7-6-17-15-9-13(18-10-19-15)16(21)20-12-8-11(23-2)4-5-14(12)24-3/h4-5,8-10H,6-7H2,1-3H3,(H,20,21)(H,17,18,19). The van der Waals surface area contributed by atoms with Crippen molar-refractivity contribution in [1.82, 2.24) is 9.97 Å². The van der Waals surface area contributed by atoms with E-state index in [0.717, 1.165) is 0 Å². The molecular formula is C16H20N4O4. The number of hydrogen-bond acceptors (Lipinski definition) is 7. The van der Waals surface area contributed by atoms with E-state index in [9.17, 15) is 4.79 Å². The quantitative estimate of drug-likeness (QED) is 0.712. The van der Waals surface area contributed by atoms with Crippen molar-refractivity contribution in [2.75, 3.05) is 45.1 Å². The molecule has 1 aromatic carbocycles. The number of carbonyl (C=O) groups excluding carboxylic acids is 1. The summed E-state index contributed by atoms with van der Waals surface area (Å²) in [6.07, 6.45) is 1.33. The van der Waals surface area contributed by atoms with Gasteiger partial charge < -0.3 is 24.8 Å². The van der Waals surface area contributed by atoms with Crippen LogP contribution in [-0.4, -0.2) is 50.4 Å². The molecule has 24 heavy (non-hydrogen) atoms. The van der Waals surface area contributed by atoms with Gasteiger partial charge in [0.15, 0.2) is 0 Å². The molecule has 0 aliphatic carbocycles. The molecule has 0 saturated heterocycles. The molecule has 0 unspecified atom stereocenters. The van der Waals surface area contributed by atoms with Gasteiger partial charge in [-0.15, -0.1) is 0 Å². The zero-order valence-corrected chi connectivity index (χ0v) is 13.8. The molecule has 0 atom stereocenters. The van der Waals surface area contributed by atoms with E-state index < -0.39 is 0 Å². The fourth-order valence-corrected chi connectivity index (χ4v) is 1.96. The van der Waals surface area contributed by atoms with E-state index in [1.54, 1.807) is 38.5 Å². The smallest absolute Gasteiger partial charge is 0.274 e. The van der Waals surface area contributed by atoms with Crippen LogP contribution in [0.5, 0.6) is 11.5 Å². The van der Waals surface area contributed by atoms with E-state index >= 15 is 0 Å². The lowest BCUT2D eigenvalue weighted by molar-refractivity contribution is 0.102. The Balaban J connectivity index is 2.13. The van der Waals surface area contributed by atoms with Gasteiger partial charge in [-0.2, -0.15) is 0 Å². The summed E-state index contributed by atoms with van der Waals surface area (Å²) in [6, 6.07) is 6.70. The Hall–Kier alpha value is -2.87. The first-order chi connectivity index (χ1) is 11.7. The summed E-state index contributed by atoms with van der Waals surface area (Å²) in [7, 11) is 4.69. The third kappa shape index (κ3) is 4.56. The maximum absolute atomic E-state index is 12.4. The highest BCUT2D eigenvalue weighted by Gasteiger charge is 2.13. The van der Waals surface area contributed by atoms with E-state index in [2.05, 4.69) is 20.6 Å². The fourth-order valence-electron chi connectivity index (χ4n) is 1.96. The molecule has 8 nitrogen and oxygen atoms in total. The van der Waals surface area contributed by atoms with Crippen LogP contribution >= 0.6 is 0 Å². The second kappa shape index (κ2) is 8.68. The summed E-state index contributed by atoms with van der Waals surface area (Å²) in [5.74, 6) is 1.30. The predicted octanol–water partition coefficient (Wildman–Crippen LogP) is 1.80. The average Bonchev–Trinajstić information content (AvgIpc) is 2.62. The number of carbonyl (C=O) groups is 1. The van der Waals surface area contributed by atoms with Crippen LogP contribution in [0.3, 0.4) is 0 Å². The number of rotatable bonds is 8. The second-order valence-corrected chi connectivity index (χ2v) is 4.73. The molecule has 0 saturated carbocycles. The highest BCUT2D eigenvalue weighted by atomic mass is 16.5. The van der Waals surface area contributed by atoms with Crippen LogP contribution in [0.15, 0.2) is 30.6 Å². The van der Waals surface area contributed by atoms with Crippen LogP contribution in [0, 0.1) is 0 Å². The zero-order chi connectivity index (χ0) is 17.4. The van der Waals surface area contributed by atoms with Gasteiger partial charge in [0.05, 0.1) is 26.5 Å². The van der Waals surface area contributed by atoms with Gasteiger partial charge in [-0.3, -0.25) is 4.79 Å². The summed E-state index contributed by atoms with van der Waals surface area (Å²) in [5, 5.41) is 5.80. The summed E-state index contributed by atoms with van der Waals surface area (Å²) in [4.78, 5) is 20.5. The largest absolute Gasteiger partial charge is 0.497 e. The highest BCUT2D eigenvalue weighted by Crippen LogP contribution is 2.29. The maximum atomic E-state index is 12.4. The molecule has 8 heteroatoms. The number of aromatic nitrogens is 2. The minimum Gasteiger partial charge on any atom is -0.497 e. The van der Waals surface area contributed by atoms with Crippen LogP contribution in [-0.2, 0) is 4.74 Å². The third-order valence-corrected chi connectivity index (χ3v) is 3.17. The molecule has 1 amide bonds. The van der Waals surface area contributed by atoms with Crippen molar-refractivity contribution >= 4 is 17.4 Å². The number of nitrogens with zero attached hydrogens (tertiary/aromatic N) is 2. The monoisotopic (exact) mass is 332 g/mol.